The van der Waals surface area contributed by atoms with Crippen molar-refractivity contribution in [2.75, 3.05) is 13.7 Å². The molecule has 152 valence electrons. The van der Waals surface area contributed by atoms with Crippen molar-refractivity contribution >= 4 is 5.78 Å². The van der Waals surface area contributed by atoms with E-state index in [1.54, 1.807) is 44.6 Å². The number of benzene rings is 1. The molecule has 2 N–H and O–H groups in total. The van der Waals surface area contributed by atoms with Gasteiger partial charge in [-0.3, -0.25) is 9.59 Å². The Balaban J connectivity index is 1.84. The number of ketones is 1. The minimum absolute atomic E-state index is 0.0891. The summed E-state index contributed by atoms with van der Waals surface area (Å²) in [5.74, 6) is 0.793. The van der Waals surface area contributed by atoms with Gasteiger partial charge in [0.15, 0.2) is 11.5 Å². The van der Waals surface area contributed by atoms with Crippen molar-refractivity contribution in [3.63, 3.8) is 0 Å². The zero-order valence-corrected chi connectivity index (χ0v) is 16.3. The van der Waals surface area contributed by atoms with Gasteiger partial charge >= 0.3 is 0 Å². The van der Waals surface area contributed by atoms with Crippen molar-refractivity contribution in [2.24, 2.45) is 0 Å². The molecular formula is C22H23NO6. The van der Waals surface area contributed by atoms with Crippen LogP contribution >= 0.6 is 0 Å². The number of carbonyl (C=O) groups is 1. The van der Waals surface area contributed by atoms with Gasteiger partial charge in [-0.05, 0) is 56.3 Å². The first-order valence-electron chi connectivity index (χ1n) is 9.27. The third-order valence-corrected chi connectivity index (χ3v) is 4.50. The molecular weight excluding hydrogens is 374 g/mol. The normalized spacial score (nSPS) is 11.9. The number of Topliss-reactive ketones (excluding diaryl/α,β-unsaturated/α-hetero) is 1. The highest BCUT2D eigenvalue weighted by Crippen LogP contribution is 2.26. The van der Waals surface area contributed by atoms with Gasteiger partial charge in [0.1, 0.15) is 23.3 Å². The lowest BCUT2D eigenvalue weighted by Gasteiger charge is -2.18. The van der Waals surface area contributed by atoms with Crippen LogP contribution in [-0.2, 0) is 6.42 Å². The summed E-state index contributed by atoms with van der Waals surface area (Å²) in [6, 6.07) is 10.5. The predicted molar refractivity (Wildman–Crippen MR) is 106 cm³/mol. The molecule has 1 aromatic carbocycles. The van der Waals surface area contributed by atoms with Gasteiger partial charge in [-0.1, -0.05) is 0 Å². The largest absolute Gasteiger partial charge is 0.502 e. The lowest BCUT2D eigenvalue weighted by atomic mass is 10.0. The number of aryl methyl sites for hydroxylation is 2. The maximum absolute atomic E-state index is 13.1. The van der Waals surface area contributed by atoms with Gasteiger partial charge in [0.25, 0.3) is 0 Å². The van der Waals surface area contributed by atoms with E-state index in [1.807, 2.05) is 12.1 Å². The number of hydrogen-bond acceptors (Lipinski definition) is 7. The molecule has 3 rings (SSSR count). The smallest absolute Gasteiger partial charge is 0.227 e. The third-order valence-electron chi connectivity index (χ3n) is 4.50. The topological polar surface area (TPSA) is 102 Å². The first-order valence-corrected chi connectivity index (χ1v) is 9.27. The Morgan fingerprint density at radius 3 is 2.66 bits per heavy atom. The zero-order valence-electron chi connectivity index (χ0n) is 16.3. The van der Waals surface area contributed by atoms with Gasteiger partial charge in [-0.2, -0.15) is 0 Å². The van der Waals surface area contributed by atoms with E-state index in [0.717, 1.165) is 5.76 Å². The fourth-order valence-corrected chi connectivity index (χ4v) is 3.01. The second kappa shape index (κ2) is 9.25. The number of nitrogens with one attached hydrogen (secondary N) is 1. The van der Waals surface area contributed by atoms with E-state index >= 15 is 0 Å². The zero-order chi connectivity index (χ0) is 20.8. The molecule has 0 saturated carbocycles. The summed E-state index contributed by atoms with van der Waals surface area (Å²) in [7, 11) is 1.54. The van der Waals surface area contributed by atoms with Crippen LogP contribution < -0.4 is 15.5 Å². The van der Waals surface area contributed by atoms with E-state index in [9.17, 15) is 14.7 Å². The molecule has 0 bridgehead atoms. The van der Waals surface area contributed by atoms with Crippen LogP contribution in [0.3, 0.4) is 0 Å². The number of carbonyl (C=O) groups excluding carboxylic acids is 1. The van der Waals surface area contributed by atoms with Crippen LogP contribution in [0.1, 0.15) is 40.1 Å². The summed E-state index contributed by atoms with van der Waals surface area (Å²) in [6.07, 6.45) is 2.99. The van der Waals surface area contributed by atoms with Crippen molar-refractivity contribution < 1.29 is 23.5 Å². The molecule has 2 heterocycles. The Morgan fingerprint density at radius 2 is 2.00 bits per heavy atom. The molecule has 1 atom stereocenters. The van der Waals surface area contributed by atoms with Crippen molar-refractivity contribution in [1.29, 1.82) is 0 Å². The van der Waals surface area contributed by atoms with Crippen molar-refractivity contribution in [2.45, 2.75) is 25.8 Å². The number of ether oxygens (including phenoxy) is 1. The Kier molecular flexibility index (Phi) is 6.51. The number of furan rings is 1. The van der Waals surface area contributed by atoms with Gasteiger partial charge in [0.05, 0.1) is 13.4 Å². The number of hydrogen-bond donors (Lipinski definition) is 2. The van der Waals surface area contributed by atoms with E-state index in [1.165, 1.54) is 6.07 Å². The van der Waals surface area contributed by atoms with Crippen LogP contribution in [0.15, 0.2) is 62.4 Å². The van der Waals surface area contributed by atoms with Crippen LogP contribution in [0.25, 0.3) is 0 Å². The van der Waals surface area contributed by atoms with Crippen molar-refractivity contribution in [3.05, 3.63) is 81.8 Å². The lowest BCUT2D eigenvalue weighted by molar-refractivity contribution is 0.0926. The van der Waals surface area contributed by atoms with Crippen molar-refractivity contribution in [1.82, 2.24) is 5.32 Å². The molecule has 29 heavy (non-hydrogen) atoms. The summed E-state index contributed by atoms with van der Waals surface area (Å²) >= 11 is 0. The average molecular weight is 397 g/mol. The average Bonchev–Trinajstić information content (AvgIpc) is 3.24. The summed E-state index contributed by atoms with van der Waals surface area (Å²) in [6.45, 7) is 2.04. The molecule has 0 saturated heterocycles. The molecule has 7 heteroatoms. The predicted octanol–water partition coefficient (Wildman–Crippen LogP) is 3.40. The Morgan fingerprint density at radius 1 is 1.24 bits per heavy atom. The Labute approximate surface area is 167 Å². The molecule has 0 aliphatic heterocycles. The van der Waals surface area contributed by atoms with Gasteiger partial charge in [-0.25, -0.2) is 0 Å². The SMILES string of the molecule is COc1ccc(C(=O)C(NCCCc2ccco2)c2oc(C)cc(=O)c2O)cc1. The monoisotopic (exact) mass is 397 g/mol. The second-order valence-corrected chi connectivity index (χ2v) is 6.60. The van der Waals surface area contributed by atoms with Crippen LogP contribution in [0.5, 0.6) is 11.5 Å². The summed E-state index contributed by atoms with van der Waals surface area (Å²) in [5, 5.41) is 13.3. The van der Waals surface area contributed by atoms with Gasteiger partial charge < -0.3 is 24.0 Å². The molecule has 0 radical (unpaired) electrons. The minimum Gasteiger partial charge on any atom is -0.502 e. The fourth-order valence-electron chi connectivity index (χ4n) is 3.01. The van der Waals surface area contributed by atoms with E-state index in [0.29, 0.717) is 36.5 Å². The molecule has 0 aliphatic carbocycles. The third kappa shape index (κ3) is 4.94. The maximum atomic E-state index is 13.1. The standard InChI is InChI=1S/C22H23NO6/c1-14-13-18(24)21(26)22(29-14)19(23-11-3-5-17-6-4-12-28-17)20(25)15-7-9-16(27-2)10-8-15/h4,6-10,12-13,19,23,26H,3,5,11H2,1-2H3. The maximum Gasteiger partial charge on any atom is 0.227 e. The van der Waals surface area contributed by atoms with E-state index in [-0.39, 0.29) is 11.5 Å². The highest BCUT2D eigenvalue weighted by Gasteiger charge is 2.28. The van der Waals surface area contributed by atoms with Gasteiger partial charge in [-0.15, -0.1) is 0 Å². The molecule has 3 aromatic rings. The number of rotatable bonds is 9. The van der Waals surface area contributed by atoms with Crippen LogP contribution in [0.2, 0.25) is 0 Å². The summed E-state index contributed by atoms with van der Waals surface area (Å²) in [4.78, 5) is 25.2. The minimum atomic E-state index is -1.01. The second-order valence-electron chi connectivity index (χ2n) is 6.60. The molecule has 1 unspecified atom stereocenters. The first-order chi connectivity index (χ1) is 14.0. The van der Waals surface area contributed by atoms with Crippen LogP contribution in [0.4, 0.5) is 0 Å². The quantitative estimate of drug-likeness (QED) is 0.421. The van der Waals surface area contributed by atoms with Crippen molar-refractivity contribution in [3.8, 4) is 11.5 Å². The van der Waals surface area contributed by atoms with Gasteiger partial charge in [0, 0.05) is 18.1 Å². The van der Waals surface area contributed by atoms with Crippen LogP contribution in [0, 0.1) is 6.92 Å². The Bertz CT molecular complexity index is 1000. The highest BCUT2D eigenvalue weighted by molar-refractivity contribution is 6.00. The summed E-state index contributed by atoms with van der Waals surface area (Å²) in [5.41, 5.74) is -0.188. The summed E-state index contributed by atoms with van der Waals surface area (Å²) < 4.78 is 16.0. The molecule has 0 amide bonds. The highest BCUT2D eigenvalue weighted by atomic mass is 16.5. The van der Waals surface area contributed by atoms with E-state index in [2.05, 4.69) is 5.32 Å². The van der Waals surface area contributed by atoms with E-state index < -0.39 is 17.2 Å². The molecule has 0 fully saturated rings. The molecule has 0 spiro atoms. The Hall–Kier alpha value is -3.32. The fraction of sp³-hybridized carbons (Fsp3) is 0.273. The molecule has 0 aliphatic rings. The molecule has 2 aromatic heterocycles. The lowest BCUT2D eigenvalue weighted by Crippen LogP contribution is -2.31. The van der Waals surface area contributed by atoms with Crippen LogP contribution in [-0.4, -0.2) is 24.5 Å². The molecule has 7 nitrogen and oxygen atoms in total. The first kappa shape index (κ1) is 20.4. The van der Waals surface area contributed by atoms with E-state index in [4.69, 9.17) is 13.6 Å². The number of aromatic hydroxyl groups is 1. The van der Waals surface area contributed by atoms with Gasteiger partial charge in [0.2, 0.25) is 11.2 Å². The number of methoxy groups -OCH3 is 1.